The molecule has 9 heteroatoms. The van der Waals surface area contributed by atoms with E-state index < -0.39 is 10.0 Å². The molecule has 2 heterocycles. The number of thiophene rings is 1. The molecule has 0 aliphatic carbocycles. The van der Waals surface area contributed by atoms with Crippen LogP contribution in [0, 0.1) is 0 Å². The Morgan fingerprint density at radius 3 is 2.50 bits per heavy atom. The average molecular weight is 438 g/mol. The summed E-state index contributed by atoms with van der Waals surface area (Å²) >= 11 is 2.80. The largest absolute Gasteiger partial charge is 0.302 e. The van der Waals surface area contributed by atoms with Crippen LogP contribution in [-0.4, -0.2) is 35.7 Å². The molecule has 3 aromatic rings. The van der Waals surface area contributed by atoms with Crippen molar-refractivity contribution in [1.29, 1.82) is 0 Å². The van der Waals surface area contributed by atoms with Gasteiger partial charge in [-0.25, -0.2) is 13.4 Å². The maximum atomic E-state index is 13.1. The highest BCUT2D eigenvalue weighted by Gasteiger charge is 2.29. The molecule has 0 fully saturated rings. The molecule has 0 saturated heterocycles. The molecule has 150 valence electrons. The number of rotatable bonds is 7. The second kappa shape index (κ2) is 8.28. The number of nitrogens with one attached hydrogen (secondary N) is 1. The van der Waals surface area contributed by atoms with Gasteiger partial charge in [-0.05, 0) is 57.3 Å². The predicted molar refractivity (Wildman–Crippen MR) is 116 cm³/mol. The third-order valence-electron chi connectivity index (χ3n) is 4.11. The molecule has 0 aliphatic rings. The molecule has 3 rings (SSSR count). The highest BCUT2D eigenvalue weighted by molar-refractivity contribution is 7.89. The molecule has 0 saturated carbocycles. The normalized spacial score (nSPS) is 12.4. The topological polar surface area (TPSA) is 79.4 Å². The lowest BCUT2D eigenvalue weighted by molar-refractivity contribution is -0.115. The van der Waals surface area contributed by atoms with E-state index in [0.29, 0.717) is 17.1 Å². The number of aromatic nitrogens is 1. The Bertz CT molecular complexity index is 1060. The first kappa shape index (κ1) is 20.9. The van der Waals surface area contributed by atoms with Gasteiger partial charge < -0.3 is 5.32 Å². The third kappa shape index (κ3) is 4.43. The van der Waals surface area contributed by atoms with Gasteiger partial charge in [0.05, 0.1) is 21.5 Å². The van der Waals surface area contributed by atoms with Gasteiger partial charge in [-0.1, -0.05) is 17.4 Å². The summed E-state index contributed by atoms with van der Waals surface area (Å²) in [6.07, 6.45) is 0.297. The summed E-state index contributed by atoms with van der Waals surface area (Å²) in [5.74, 6) is -0.139. The maximum absolute atomic E-state index is 13.1. The highest BCUT2D eigenvalue weighted by Crippen LogP contribution is 2.30. The van der Waals surface area contributed by atoms with Gasteiger partial charge in [0, 0.05) is 17.0 Å². The maximum Gasteiger partial charge on any atom is 0.243 e. The average Bonchev–Trinajstić information content (AvgIpc) is 3.21. The summed E-state index contributed by atoms with van der Waals surface area (Å²) in [7, 11) is -3.61. The second-order valence-electron chi connectivity index (χ2n) is 6.98. The lowest BCUT2D eigenvalue weighted by atomic mass is 10.3. The number of anilines is 1. The molecule has 2 aromatic heterocycles. The fraction of sp³-hybridized carbons (Fsp3) is 0.368. The lowest BCUT2D eigenvalue weighted by Crippen LogP contribution is -2.41. The Balaban J connectivity index is 1.85. The molecule has 0 aliphatic heterocycles. The summed E-state index contributed by atoms with van der Waals surface area (Å²) in [4.78, 5) is 17.8. The number of hydrogen-bond acceptors (Lipinski definition) is 6. The van der Waals surface area contributed by atoms with Crippen molar-refractivity contribution in [2.45, 2.75) is 51.1 Å². The van der Waals surface area contributed by atoms with E-state index in [4.69, 9.17) is 0 Å². The van der Waals surface area contributed by atoms with Crippen LogP contribution in [0.3, 0.4) is 0 Å². The van der Waals surface area contributed by atoms with E-state index in [-0.39, 0.29) is 22.9 Å². The monoisotopic (exact) mass is 437 g/mol. The first-order valence-electron chi connectivity index (χ1n) is 8.95. The van der Waals surface area contributed by atoms with E-state index in [9.17, 15) is 13.2 Å². The zero-order valence-corrected chi connectivity index (χ0v) is 18.6. The number of sulfonamides is 1. The van der Waals surface area contributed by atoms with Crippen LogP contribution in [0.25, 0.3) is 10.2 Å². The molecule has 1 aromatic carbocycles. The Kier molecular flexibility index (Phi) is 6.18. The number of benzene rings is 1. The first-order chi connectivity index (χ1) is 13.2. The third-order valence-corrected chi connectivity index (χ3v) is 8.17. The van der Waals surface area contributed by atoms with Gasteiger partial charge in [0.25, 0.3) is 0 Å². The quantitative estimate of drug-likeness (QED) is 0.596. The van der Waals surface area contributed by atoms with Crippen molar-refractivity contribution in [1.82, 2.24) is 9.29 Å². The Labute approximate surface area is 173 Å². The van der Waals surface area contributed by atoms with E-state index >= 15 is 0 Å². The minimum atomic E-state index is -3.61. The van der Waals surface area contributed by atoms with Gasteiger partial charge in [-0.15, -0.1) is 11.3 Å². The molecule has 0 unspecified atom stereocenters. The number of carbonyl (C=O) groups is 1. The summed E-state index contributed by atoms with van der Waals surface area (Å²) in [6, 6.07) is 8.43. The van der Waals surface area contributed by atoms with Gasteiger partial charge in [-0.3, -0.25) is 4.79 Å². The summed E-state index contributed by atoms with van der Waals surface area (Å²) in [5, 5.41) is 5.20. The van der Waals surface area contributed by atoms with E-state index in [1.165, 1.54) is 27.0 Å². The Morgan fingerprint density at radius 1 is 1.18 bits per heavy atom. The van der Waals surface area contributed by atoms with Crippen molar-refractivity contribution in [2.24, 2.45) is 0 Å². The van der Waals surface area contributed by atoms with Crippen LogP contribution in [0.2, 0.25) is 0 Å². The van der Waals surface area contributed by atoms with Crippen LogP contribution in [0.5, 0.6) is 0 Å². The fourth-order valence-electron chi connectivity index (χ4n) is 3.13. The molecule has 0 radical (unpaired) electrons. The number of thiazole rings is 1. The number of carbonyl (C=O) groups excluding carboxylic acids is 1. The van der Waals surface area contributed by atoms with Crippen molar-refractivity contribution in [3.05, 3.63) is 40.6 Å². The lowest BCUT2D eigenvalue weighted by Gasteiger charge is -2.29. The smallest absolute Gasteiger partial charge is 0.243 e. The summed E-state index contributed by atoms with van der Waals surface area (Å²) in [6.45, 7) is 7.46. The Morgan fingerprint density at radius 2 is 1.89 bits per heavy atom. The van der Waals surface area contributed by atoms with Crippen LogP contribution in [-0.2, 0) is 21.2 Å². The van der Waals surface area contributed by atoms with Gasteiger partial charge >= 0.3 is 0 Å². The number of amides is 1. The number of hydrogen-bond donors (Lipinski definition) is 1. The van der Waals surface area contributed by atoms with Gasteiger partial charge in [0.2, 0.25) is 15.9 Å². The number of fused-ring (bicyclic) bond motifs is 1. The van der Waals surface area contributed by atoms with Crippen LogP contribution >= 0.6 is 22.7 Å². The second-order valence-corrected chi connectivity index (χ2v) is 10.9. The van der Waals surface area contributed by atoms with E-state index in [2.05, 4.69) is 10.3 Å². The number of nitrogens with zero attached hydrogens (tertiary/aromatic N) is 2. The van der Waals surface area contributed by atoms with Crippen molar-refractivity contribution in [2.75, 3.05) is 5.32 Å². The predicted octanol–water partition coefficient (Wildman–Crippen LogP) is 4.35. The zero-order chi connectivity index (χ0) is 20.5. The van der Waals surface area contributed by atoms with Crippen LogP contribution in [0.4, 0.5) is 5.13 Å². The molecular weight excluding hydrogens is 414 g/mol. The Hall–Kier alpha value is -1.81. The molecule has 0 bridgehead atoms. The SMILES string of the molecule is CC(C)N(C(C)C)S(=O)(=O)c1ccc2nc(NC(=O)Cc3cccs3)sc2c1. The molecule has 6 nitrogen and oxygen atoms in total. The molecule has 28 heavy (non-hydrogen) atoms. The van der Waals surface area contributed by atoms with Crippen molar-refractivity contribution < 1.29 is 13.2 Å². The first-order valence-corrected chi connectivity index (χ1v) is 12.1. The van der Waals surface area contributed by atoms with E-state index in [1.54, 1.807) is 18.2 Å². The van der Waals surface area contributed by atoms with Crippen LogP contribution in [0.1, 0.15) is 32.6 Å². The molecular formula is C19H23N3O3S3. The van der Waals surface area contributed by atoms with E-state index in [0.717, 1.165) is 9.58 Å². The van der Waals surface area contributed by atoms with Crippen molar-refractivity contribution >= 4 is 54.0 Å². The van der Waals surface area contributed by atoms with Gasteiger partial charge in [0.15, 0.2) is 5.13 Å². The standard InChI is InChI=1S/C19H23N3O3S3/c1-12(2)22(13(3)4)28(24,25)15-7-8-16-17(11-15)27-19(20-16)21-18(23)10-14-6-5-9-26-14/h5-9,11-13H,10H2,1-4H3,(H,20,21,23). The van der Waals surface area contributed by atoms with Crippen LogP contribution in [0.15, 0.2) is 40.6 Å². The molecule has 1 N–H and O–H groups in total. The summed E-state index contributed by atoms with van der Waals surface area (Å²) in [5.41, 5.74) is 0.663. The zero-order valence-electron chi connectivity index (χ0n) is 16.2. The van der Waals surface area contributed by atoms with Gasteiger partial charge in [0.1, 0.15) is 0 Å². The fourth-order valence-corrected chi connectivity index (χ4v) is 6.69. The molecule has 1 amide bonds. The van der Waals surface area contributed by atoms with Crippen molar-refractivity contribution in [3.63, 3.8) is 0 Å². The molecule has 0 atom stereocenters. The molecule has 0 spiro atoms. The summed E-state index contributed by atoms with van der Waals surface area (Å²) < 4.78 is 28.3. The minimum Gasteiger partial charge on any atom is -0.302 e. The van der Waals surface area contributed by atoms with E-state index in [1.807, 2.05) is 45.2 Å². The minimum absolute atomic E-state index is 0.139. The van der Waals surface area contributed by atoms with Gasteiger partial charge in [-0.2, -0.15) is 4.31 Å². The van der Waals surface area contributed by atoms with Crippen LogP contribution < -0.4 is 5.32 Å². The van der Waals surface area contributed by atoms with Crippen molar-refractivity contribution in [3.8, 4) is 0 Å². The highest BCUT2D eigenvalue weighted by atomic mass is 32.2.